The number of nitrogens with zero attached hydrogens (tertiary/aromatic N) is 1. The van der Waals surface area contributed by atoms with E-state index in [4.69, 9.17) is 0 Å². The van der Waals surface area contributed by atoms with Crippen molar-refractivity contribution in [1.29, 1.82) is 0 Å². The van der Waals surface area contributed by atoms with E-state index in [1.807, 2.05) is 18.3 Å². The quantitative estimate of drug-likeness (QED) is 0.786. The zero-order valence-corrected chi connectivity index (χ0v) is 9.48. The van der Waals surface area contributed by atoms with Gasteiger partial charge in [0, 0.05) is 23.9 Å². The van der Waals surface area contributed by atoms with Crippen LogP contribution in [-0.4, -0.2) is 17.9 Å². The van der Waals surface area contributed by atoms with E-state index in [0.717, 1.165) is 24.9 Å². The number of rotatable bonds is 4. The number of carbonyl (C=O) groups is 1. The zero-order chi connectivity index (χ0) is 11.3. The number of amides is 1. The van der Waals surface area contributed by atoms with Crippen molar-refractivity contribution < 1.29 is 4.79 Å². The van der Waals surface area contributed by atoms with Crippen LogP contribution in [-0.2, 0) is 10.2 Å². The van der Waals surface area contributed by atoms with Gasteiger partial charge in [-0.05, 0) is 25.0 Å². The van der Waals surface area contributed by atoms with Gasteiger partial charge in [0.15, 0.2) is 0 Å². The first kappa shape index (κ1) is 11.1. The molecule has 3 heteroatoms. The van der Waals surface area contributed by atoms with Crippen LogP contribution in [0.15, 0.2) is 24.4 Å². The van der Waals surface area contributed by atoms with Crippen molar-refractivity contribution >= 4 is 6.41 Å². The molecule has 0 aliphatic heterocycles. The van der Waals surface area contributed by atoms with Gasteiger partial charge in [-0.2, -0.15) is 0 Å². The second kappa shape index (κ2) is 5.10. The fourth-order valence-electron chi connectivity index (χ4n) is 2.67. The highest BCUT2D eigenvalue weighted by Crippen LogP contribution is 2.37. The lowest BCUT2D eigenvalue weighted by Crippen LogP contribution is -2.40. The molecule has 1 aromatic rings. The van der Waals surface area contributed by atoms with Crippen molar-refractivity contribution in [2.45, 2.75) is 37.5 Å². The van der Waals surface area contributed by atoms with E-state index in [-0.39, 0.29) is 5.41 Å². The first-order valence-electron chi connectivity index (χ1n) is 5.96. The predicted octanol–water partition coefficient (Wildman–Crippen LogP) is 2.03. The zero-order valence-electron chi connectivity index (χ0n) is 9.48. The Morgan fingerprint density at radius 3 is 2.75 bits per heavy atom. The Hall–Kier alpha value is -1.38. The summed E-state index contributed by atoms with van der Waals surface area (Å²) in [7, 11) is 0. The molecule has 0 radical (unpaired) electrons. The minimum absolute atomic E-state index is 0.0699. The SMILES string of the molecule is O=CNCC1(c2ccccn2)CCCCC1. The van der Waals surface area contributed by atoms with Gasteiger partial charge in [-0.1, -0.05) is 25.3 Å². The Bertz CT molecular complexity index is 331. The number of hydrogen-bond acceptors (Lipinski definition) is 2. The standard InChI is InChI=1S/C13H18N2O/c16-11-14-10-13(7-3-1-4-8-13)12-6-2-5-9-15-12/h2,5-6,9,11H,1,3-4,7-8,10H2,(H,14,16). The lowest BCUT2D eigenvalue weighted by molar-refractivity contribution is -0.109. The topological polar surface area (TPSA) is 42.0 Å². The van der Waals surface area contributed by atoms with Gasteiger partial charge in [-0.3, -0.25) is 9.78 Å². The molecule has 0 atom stereocenters. The molecule has 3 nitrogen and oxygen atoms in total. The molecular weight excluding hydrogens is 200 g/mol. The van der Waals surface area contributed by atoms with Crippen molar-refractivity contribution in [2.75, 3.05) is 6.54 Å². The third-order valence-corrected chi connectivity index (χ3v) is 3.54. The van der Waals surface area contributed by atoms with Crippen LogP contribution in [0, 0.1) is 0 Å². The monoisotopic (exact) mass is 218 g/mol. The molecule has 1 fully saturated rings. The average molecular weight is 218 g/mol. The second-order valence-electron chi connectivity index (χ2n) is 4.55. The van der Waals surface area contributed by atoms with Crippen LogP contribution in [0.25, 0.3) is 0 Å². The molecule has 1 aliphatic carbocycles. The van der Waals surface area contributed by atoms with Crippen LogP contribution in [0.4, 0.5) is 0 Å². The molecule has 1 saturated carbocycles. The van der Waals surface area contributed by atoms with Crippen LogP contribution in [0.5, 0.6) is 0 Å². The molecule has 0 bridgehead atoms. The maximum absolute atomic E-state index is 10.5. The molecule has 0 aromatic carbocycles. The number of carbonyl (C=O) groups excluding carboxylic acids is 1. The van der Waals surface area contributed by atoms with E-state index in [1.165, 1.54) is 19.3 Å². The summed E-state index contributed by atoms with van der Waals surface area (Å²) in [6.07, 6.45) is 8.66. The maximum Gasteiger partial charge on any atom is 0.207 e. The normalized spacial score (nSPS) is 19.0. The molecule has 86 valence electrons. The molecule has 1 amide bonds. The minimum atomic E-state index is 0.0699. The Balaban J connectivity index is 2.22. The van der Waals surface area contributed by atoms with Gasteiger partial charge in [0.2, 0.25) is 6.41 Å². The van der Waals surface area contributed by atoms with Gasteiger partial charge < -0.3 is 5.32 Å². The highest BCUT2D eigenvalue weighted by molar-refractivity contribution is 5.46. The minimum Gasteiger partial charge on any atom is -0.358 e. The molecule has 1 aliphatic rings. The largest absolute Gasteiger partial charge is 0.358 e. The van der Waals surface area contributed by atoms with Crippen molar-refractivity contribution in [3.8, 4) is 0 Å². The lowest BCUT2D eigenvalue weighted by Gasteiger charge is -2.36. The van der Waals surface area contributed by atoms with E-state index in [1.54, 1.807) is 0 Å². The van der Waals surface area contributed by atoms with Gasteiger partial charge in [0.1, 0.15) is 0 Å². The second-order valence-corrected chi connectivity index (χ2v) is 4.55. The lowest BCUT2D eigenvalue weighted by atomic mass is 9.71. The van der Waals surface area contributed by atoms with Crippen molar-refractivity contribution in [3.05, 3.63) is 30.1 Å². The van der Waals surface area contributed by atoms with Gasteiger partial charge in [-0.25, -0.2) is 0 Å². The highest BCUT2D eigenvalue weighted by atomic mass is 16.1. The summed E-state index contributed by atoms with van der Waals surface area (Å²) in [5, 5.41) is 2.84. The molecule has 0 unspecified atom stereocenters. The van der Waals surface area contributed by atoms with Crippen molar-refractivity contribution in [2.24, 2.45) is 0 Å². The van der Waals surface area contributed by atoms with Gasteiger partial charge >= 0.3 is 0 Å². The van der Waals surface area contributed by atoms with Crippen LogP contribution >= 0.6 is 0 Å². The van der Waals surface area contributed by atoms with Gasteiger partial charge in [-0.15, -0.1) is 0 Å². The van der Waals surface area contributed by atoms with E-state index < -0.39 is 0 Å². The predicted molar refractivity (Wildman–Crippen MR) is 63.1 cm³/mol. The number of pyridine rings is 1. The number of aromatic nitrogens is 1. The summed E-state index contributed by atoms with van der Waals surface area (Å²) in [5.41, 5.74) is 1.20. The summed E-state index contributed by atoms with van der Waals surface area (Å²) in [6.45, 7) is 0.716. The summed E-state index contributed by atoms with van der Waals surface area (Å²) in [5.74, 6) is 0. The molecule has 0 spiro atoms. The van der Waals surface area contributed by atoms with Gasteiger partial charge in [0.25, 0.3) is 0 Å². The van der Waals surface area contributed by atoms with E-state index in [0.29, 0.717) is 6.54 Å². The summed E-state index contributed by atoms with van der Waals surface area (Å²) < 4.78 is 0. The summed E-state index contributed by atoms with van der Waals surface area (Å²) in [6, 6.07) is 6.05. The fraction of sp³-hybridized carbons (Fsp3) is 0.538. The van der Waals surface area contributed by atoms with Crippen molar-refractivity contribution in [3.63, 3.8) is 0 Å². The molecule has 0 saturated heterocycles. The Morgan fingerprint density at radius 2 is 2.12 bits per heavy atom. The first-order chi connectivity index (χ1) is 7.87. The number of nitrogens with one attached hydrogen (secondary N) is 1. The fourth-order valence-corrected chi connectivity index (χ4v) is 2.67. The van der Waals surface area contributed by atoms with Crippen molar-refractivity contribution in [1.82, 2.24) is 10.3 Å². The van der Waals surface area contributed by atoms with Crippen LogP contribution in [0.3, 0.4) is 0 Å². The maximum atomic E-state index is 10.5. The summed E-state index contributed by atoms with van der Waals surface area (Å²) >= 11 is 0. The number of hydrogen-bond donors (Lipinski definition) is 1. The van der Waals surface area contributed by atoms with Gasteiger partial charge in [0.05, 0.1) is 0 Å². The van der Waals surface area contributed by atoms with E-state index in [9.17, 15) is 4.79 Å². The Labute approximate surface area is 96.3 Å². The molecular formula is C13H18N2O. The Morgan fingerprint density at radius 1 is 1.31 bits per heavy atom. The summed E-state index contributed by atoms with van der Waals surface area (Å²) in [4.78, 5) is 15.0. The molecule has 1 heterocycles. The Kier molecular flexibility index (Phi) is 3.54. The van der Waals surface area contributed by atoms with Crippen LogP contribution in [0.2, 0.25) is 0 Å². The highest BCUT2D eigenvalue weighted by Gasteiger charge is 2.34. The van der Waals surface area contributed by atoms with E-state index in [2.05, 4.69) is 16.4 Å². The molecule has 16 heavy (non-hydrogen) atoms. The van der Waals surface area contributed by atoms with Crippen LogP contribution in [0.1, 0.15) is 37.8 Å². The average Bonchev–Trinajstić information content (AvgIpc) is 2.38. The molecule has 1 aromatic heterocycles. The van der Waals surface area contributed by atoms with E-state index >= 15 is 0 Å². The molecule has 1 N–H and O–H groups in total. The third-order valence-electron chi connectivity index (χ3n) is 3.54. The third kappa shape index (κ3) is 2.23. The van der Waals surface area contributed by atoms with Crippen LogP contribution < -0.4 is 5.32 Å². The smallest absolute Gasteiger partial charge is 0.207 e. The first-order valence-corrected chi connectivity index (χ1v) is 5.96. The molecule has 2 rings (SSSR count).